The number of carbonyl (C=O) groups excluding carboxylic acids is 2. The van der Waals surface area contributed by atoms with E-state index in [2.05, 4.69) is 10.6 Å². The standard InChI is InChI=1S/C19H21N3O2.ClH/c1-22(2)19(24)13-8-10-14(11-9-13)21-18(23)16-5-3-7-17-15(16)6-4-12-20-17;/h3,5,7-11,20H,4,6,12H2,1-2H3,(H,21,23);1H. The van der Waals surface area contributed by atoms with Crippen LogP contribution in [-0.2, 0) is 6.42 Å². The Hall–Kier alpha value is -2.53. The minimum absolute atomic E-state index is 0. The molecule has 25 heavy (non-hydrogen) atoms. The highest BCUT2D eigenvalue weighted by molar-refractivity contribution is 6.06. The second-order valence-electron chi connectivity index (χ2n) is 6.09. The van der Waals surface area contributed by atoms with Gasteiger partial charge in [-0.05, 0) is 54.8 Å². The number of hydrogen-bond acceptors (Lipinski definition) is 3. The summed E-state index contributed by atoms with van der Waals surface area (Å²) in [5, 5.41) is 6.24. The third kappa shape index (κ3) is 4.12. The molecule has 0 bridgehead atoms. The largest absolute Gasteiger partial charge is 0.385 e. The number of fused-ring (bicyclic) bond motifs is 1. The van der Waals surface area contributed by atoms with Crippen molar-refractivity contribution in [3.05, 3.63) is 59.2 Å². The first-order valence-corrected chi connectivity index (χ1v) is 8.05. The minimum atomic E-state index is -0.123. The molecule has 0 atom stereocenters. The average Bonchev–Trinajstić information content (AvgIpc) is 2.61. The lowest BCUT2D eigenvalue weighted by atomic mass is 9.97. The zero-order valence-electron chi connectivity index (χ0n) is 14.3. The van der Waals surface area contributed by atoms with Crippen LogP contribution in [0.2, 0.25) is 0 Å². The zero-order chi connectivity index (χ0) is 17.1. The maximum Gasteiger partial charge on any atom is 0.256 e. The summed E-state index contributed by atoms with van der Waals surface area (Å²) >= 11 is 0. The Labute approximate surface area is 153 Å². The summed E-state index contributed by atoms with van der Waals surface area (Å²) < 4.78 is 0. The van der Waals surface area contributed by atoms with Gasteiger partial charge in [0, 0.05) is 43.1 Å². The summed E-state index contributed by atoms with van der Waals surface area (Å²) in [6.07, 6.45) is 1.93. The molecular weight excluding hydrogens is 338 g/mol. The van der Waals surface area contributed by atoms with Gasteiger partial charge in [-0.15, -0.1) is 12.4 Å². The molecule has 2 N–H and O–H groups in total. The van der Waals surface area contributed by atoms with Crippen molar-refractivity contribution < 1.29 is 9.59 Å². The van der Waals surface area contributed by atoms with Gasteiger partial charge in [0.2, 0.25) is 0 Å². The topological polar surface area (TPSA) is 61.4 Å². The fourth-order valence-electron chi connectivity index (χ4n) is 2.88. The van der Waals surface area contributed by atoms with E-state index in [4.69, 9.17) is 0 Å². The number of hydrogen-bond donors (Lipinski definition) is 2. The first kappa shape index (κ1) is 18.8. The number of nitrogens with zero attached hydrogens (tertiary/aromatic N) is 1. The quantitative estimate of drug-likeness (QED) is 0.882. The van der Waals surface area contributed by atoms with Crippen molar-refractivity contribution >= 4 is 35.6 Å². The van der Waals surface area contributed by atoms with Crippen LogP contribution in [-0.4, -0.2) is 37.4 Å². The number of benzene rings is 2. The predicted octanol–water partition coefficient (Wildman–Crippen LogP) is 3.42. The Morgan fingerprint density at radius 2 is 1.80 bits per heavy atom. The van der Waals surface area contributed by atoms with E-state index in [1.54, 1.807) is 38.4 Å². The van der Waals surface area contributed by atoms with Crippen molar-refractivity contribution in [2.75, 3.05) is 31.3 Å². The summed E-state index contributed by atoms with van der Waals surface area (Å²) in [5.41, 5.74) is 4.09. The maximum absolute atomic E-state index is 12.6. The van der Waals surface area contributed by atoms with Gasteiger partial charge >= 0.3 is 0 Å². The Morgan fingerprint density at radius 3 is 2.48 bits per heavy atom. The highest BCUT2D eigenvalue weighted by atomic mass is 35.5. The molecule has 0 saturated heterocycles. The van der Waals surface area contributed by atoms with E-state index in [1.807, 2.05) is 18.2 Å². The molecule has 1 aliphatic rings. The molecule has 5 nitrogen and oxygen atoms in total. The van der Waals surface area contributed by atoms with E-state index < -0.39 is 0 Å². The van der Waals surface area contributed by atoms with Crippen molar-refractivity contribution in [1.29, 1.82) is 0 Å². The molecule has 0 radical (unpaired) electrons. The van der Waals surface area contributed by atoms with Crippen LogP contribution in [0.5, 0.6) is 0 Å². The van der Waals surface area contributed by atoms with Gasteiger partial charge in [0.05, 0.1) is 0 Å². The van der Waals surface area contributed by atoms with E-state index in [1.165, 1.54) is 4.90 Å². The second-order valence-corrected chi connectivity index (χ2v) is 6.09. The molecule has 3 rings (SSSR count). The Bertz CT molecular complexity index is 773. The molecule has 0 aromatic heterocycles. The molecule has 2 aromatic carbocycles. The first-order valence-electron chi connectivity index (χ1n) is 8.05. The van der Waals surface area contributed by atoms with Gasteiger partial charge in [-0.25, -0.2) is 0 Å². The normalized spacial score (nSPS) is 12.2. The van der Waals surface area contributed by atoms with Crippen molar-refractivity contribution in [2.24, 2.45) is 0 Å². The van der Waals surface area contributed by atoms with Crippen molar-refractivity contribution in [2.45, 2.75) is 12.8 Å². The lowest BCUT2D eigenvalue weighted by Crippen LogP contribution is -2.21. The Morgan fingerprint density at radius 1 is 1.08 bits per heavy atom. The monoisotopic (exact) mass is 359 g/mol. The molecular formula is C19H22ClN3O2. The summed E-state index contributed by atoms with van der Waals surface area (Å²) in [7, 11) is 3.43. The molecule has 0 unspecified atom stereocenters. The van der Waals surface area contributed by atoms with E-state index >= 15 is 0 Å². The SMILES string of the molecule is CN(C)C(=O)c1ccc(NC(=O)c2cccc3c2CCCN3)cc1.Cl. The number of anilines is 2. The van der Waals surface area contributed by atoms with Crippen LogP contribution in [0.15, 0.2) is 42.5 Å². The summed E-state index contributed by atoms with van der Waals surface area (Å²) in [5.74, 6) is -0.182. The van der Waals surface area contributed by atoms with Crippen LogP contribution in [0, 0.1) is 0 Å². The minimum Gasteiger partial charge on any atom is -0.385 e. The molecule has 0 spiro atoms. The van der Waals surface area contributed by atoms with Crippen LogP contribution in [0.4, 0.5) is 11.4 Å². The average molecular weight is 360 g/mol. The highest BCUT2D eigenvalue weighted by Crippen LogP contribution is 2.26. The lowest BCUT2D eigenvalue weighted by Gasteiger charge is -2.20. The van der Waals surface area contributed by atoms with Gasteiger partial charge in [0.15, 0.2) is 0 Å². The van der Waals surface area contributed by atoms with Crippen LogP contribution in [0.3, 0.4) is 0 Å². The van der Waals surface area contributed by atoms with E-state index in [9.17, 15) is 9.59 Å². The molecule has 0 fully saturated rings. The van der Waals surface area contributed by atoms with Crippen molar-refractivity contribution in [3.63, 3.8) is 0 Å². The maximum atomic E-state index is 12.6. The van der Waals surface area contributed by atoms with E-state index in [-0.39, 0.29) is 24.2 Å². The highest BCUT2D eigenvalue weighted by Gasteiger charge is 2.17. The lowest BCUT2D eigenvalue weighted by molar-refractivity contribution is 0.0827. The van der Waals surface area contributed by atoms with Gasteiger partial charge in [-0.1, -0.05) is 6.07 Å². The fourth-order valence-corrected chi connectivity index (χ4v) is 2.88. The van der Waals surface area contributed by atoms with Gasteiger partial charge in [-0.2, -0.15) is 0 Å². The molecule has 2 amide bonds. The molecule has 6 heteroatoms. The molecule has 1 heterocycles. The van der Waals surface area contributed by atoms with Gasteiger partial charge in [0.25, 0.3) is 11.8 Å². The van der Waals surface area contributed by atoms with Crippen LogP contribution < -0.4 is 10.6 Å². The Balaban J connectivity index is 0.00000225. The van der Waals surface area contributed by atoms with Crippen molar-refractivity contribution in [3.8, 4) is 0 Å². The van der Waals surface area contributed by atoms with Gasteiger partial charge in [0.1, 0.15) is 0 Å². The number of rotatable bonds is 3. The Kier molecular flexibility index (Phi) is 6.04. The molecule has 0 saturated carbocycles. The second kappa shape index (κ2) is 8.03. The zero-order valence-corrected chi connectivity index (χ0v) is 15.2. The van der Waals surface area contributed by atoms with Gasteiger partial charge in [-0.3, -0.25) is 9.59 Å². The van der Waals surface area contributed by atoms with Crippen LogP contribution in [0.25, 0.3) is 0 Å². The summed E-state index contributed by atoms with van der Waals surface area (Å²) in [4.78, 5) is 26.0. The third-order valence-corrected chi connectivity index (χ3v) is 4.14. The third-order valence-electron chi connectivity index (χ3n) is 4.14. The van der Waals surface area contributed by atoms with Gasteiger partial charge < -0.3 is 15.5 Å². The van der Waals surface area contributed by atoms with E-state index in [0.29, 0.717) is 16.8 Å². The number of carbonyl (C=O) groups is 2. The molecule has 0 aliphatic carbocycles. The van der Waals surface area contributed by atoms with Crippen molar-refractivity contribution in [1.82, 2.24) is 4.90 Å². The summed E-state index contributed by atoms with van der Waals surface area (Å²) in [6, 6.07) is 12.7. The van der Waals surface area contributed by atoms with Crippen LogP contribution in [0.1, 0.15) is 32.7 Å². The number of halogens is 1. The van der Waals surface area contributed by atoms with Crippen LogP contribution >= 0.6 is 12.4 Å². The predicted molar refractivity (Wildman–Crippen MR) is 103 cm³/mol. The molecule has 132 valence electrons. The summed E-state index contributed by atoms with van der Waals surface area (Å²) in [6.45, 7) is 0.944. The fraction of sp³-hybridized carbons (Fsp3) is 0.263. The van der Waals surface area contributed by atoms with E-state index in [0.717, 1.165) is 30.6 Å². The smallest absolute Gasteiger partial charge is 0.256 e. The molecule has 2 aromatic rings. The number of nitrogens with one attached hydrogen (secondary N) is 2. The first-order chi connectivity index (χ1) is 11.6. The number of amides is 2. The molecule has 1 aliphatic heterocycles.